The van der Waals surface area contributed by atoms with Gasteiger partial charge in [0.15, 0.2) is 0 Å². The summed E-state index contributed by atoms with van der Waals surface area (Å²) >= 11 is 0. The Morgan fingerprint density at radius 3 is 2.43 bits per heavy atom. The lowest BCUT2D eigenvalue weighted by Crippen LogP contribution is -2.49. The standard InChI is InChI=1S/C24H32N4O2/c1-4-17(2)15-21-20(24(25)30)9-10-22(26-21)27-11-13-28(14-12-27)23(29)16-19-8-6-5-7-18(19)3/h5-10,17H,4,11-16H2,1-3H3,(H2,25,30). The van der Waals surface area contributed by atoms with E-state index in [4.69, 9.17) is 10.7 Å². The zero-order chi connectivity index (χ0) is 21.7. The van der Waals surface area contributed by atoms with E-state index >= 15 is 0 Å². The summed E-state index contributed by atoms with van der Waals surface area (Å²) in [6, 6.07) is 11.7. The van der Waals surface area contributed by atoms with E-state index in [1.165, 1.54) is 0 Å². The van der Waals surface area contributed by atoms with Gasteiger partial charge in [0.25, 0.3) is 5.91 Å². The van der Waals surface area contributed by atoms with Gasteiger partial charge in [-0.25, -0.2) is 4.98 Å². The Balaban J connectivity index is 1.65. The summed E-state index contributed by atoms with van der Waals surface area (Å²) in [6.07, 6.45) is 2.20. The van der Waals surface area contributed by atoms with Gasteiger partial charge in [-0.3, -0.25) is 9.59 Å². The van der Waals surface area contributed by atoms with Gasteiger partial charge in [-0.2, -0.15) is 0 Å². The maximum Gasteiger partial charge on any atom is 0.250 e. The summed E-state index contributed by atoms with van der Waals surface area (Å²) in [5.41, 5.74) is 9.06. The summed E-state index contributed by atoms with van der Waals surface area (Å²) in [5, 5.41) is 0. The van der Waals surface area contributed by atoms with Crippen molar-refractivity contribution in [1.82, 2.24) is 9.88 Å². The number of nitrogens with two attached hydrogens (primary N) is 1. The highest BCUT2D eigenvalue weighted by atomic mass is 16.2. The average molecular weight is 409 g/mol. The largest absolute Gasteiger partial charge is 0.366 e. The second-order valence-corrected chi connectivity index (χ2v) is 8.22. The lowest BCUT2D eigenvalue weighted by atomic mass is 9.99. The fourth-order valence-electron chi connectivity index (χ4n) is 3.79. The summed E-state index contributed by atoms with van der Waals surface area (Å²) in [4.78, 5) is 33.4. The Hall–Kier alpha value is -2.89. The van der Waals surface area contributed by atoms with Crippen LogP contribution >= 0.6 is 0 Å². The fraction of sp³-hybridized carbons (Fsp3) is 0.458. The van der Waals surface area contributed by atoms with E-state index in [-0.39, 0.29) is 5.91 Å². The van der Waals surface area contributed by atoms with E-state index in [1.54, 1.807) is 6.07 Å². The van der Waals surface area contributed by atoms with Crippen molar-refractivity contribution in [3.05, 3.63) is 58.8 Å². The summed E-state index contributed by atoms with van der Waals surface area (Å²) in [5.74, 6) is 1.02. The zero-order valence-corrected chi connectivity index (χ0v) is 18.2. The number of aryl methyl sites for hydroxylation is 1. The minimum absolute atomic E-state index is 0.165. The Morgan fingerprint density at radius 1 is 1.10 bits per heavy atom. The number of anilines is 1. The molecule has 6 nitrogen and oxygen atoms in total. The molecule has 1 unspecified atom stereocenters. The summed E-state index contributed by atoms with van der Waals surface area (Å²) in [7, 11) is 0. The van der Waals surface area contributed by atoms with Crippen molar-refractivity contribution in [2.24, 2.45) is 11.7 Å². The van der Waals surface area contributed by atoms with E-state index in [0.717, 1.165) is 48.6 Å². The molecular formula is C24H32N4O2. The van der Waals surface area contributed by atoms with Crippen molar-refractivity contribution in [2.45, 2.75) is 40.0 Å². The van der Waals surface area contributed by atoms with Crippen LogP contribution in [0.3, 0.4) is 0 Å². The predicted molar refractivity (Wildman–Crippen MR) is 120 cm³/mol. The number of pyridine rings is 1. The van der Waals surface area contributed by atoms with Crippen LogP contribution in [-0.2, 0) is 17.6 Å². The molecule has 2 N–H and O–H groups in total. The fourth-order valence-corrected chi connectivity index (χ4v) is 3.79. The number of benzene rings is 1. The molecule has 1 saturated heterocycles. The van der Waals surface area contributed by atoms with Crippen molar-refractivity contribution < 1.29 is 9.59 Å². The van der Waals surface area contributed by atoms with Gasteiger partial charge in [0.1, 0.15) is 5.82 Å². The molecule has 1 atom stereocenters. The number of aromatic nitrogens is 1. The monoisotopic (exact) mass is 408 g/mol. The molecule has 1 aromatic carbocycles. The third-order valence-electron chi connectivity index (χ3n) is 6.02. The van der Waals surface area contributed by atoms with Crippen molar-refractivity contribution in [1.29, 1.82) is 0 Å². The molecule has 30 heavy (non-hydrogen) atoms. The number of hydrogen-bond acceptors (Lipinski definition) is 4. The van der Waals surface area contributed by atoms with Gasteiger partial charge in [0.05, 0.1) is 17.7 Å². The molecule has 1 fully saturated rings. The highest BCUT2D eigenvalue weighted by Gasteiger charge is 2.23. The minimum atomic E-state index is -0.432. The number of rotatable bonds is 7. The molecule has 3 rings (SSSR count). The van der Waals surface area contributed by atoms with Crippen LogP contribution in [0.2, 0.25) is 0 Å². The second-order valence-electron chi connectivity index (χ2n) is 8.22. The van der Waals surface area contributed by atoms with Crippen molar-refractivity contribution >= 4 is 17.6 Å². The third-order valence-corrected chi connectivity index (χ3v) is 6.02. The SMILES string of the molecule is CCC(C)Cc1nc(N2CCN(C(=O)Cc3ccccc3C)CC2)ccc1C(N)=O. The molecule has 2 aromatic rings. The van der Waals surface area contributed by atoms with Crippen LogP contribution in [0.5, 0.6) is 0 Å². The van der Waals surface area contributed by atoms with E-state index < -0.39 is 5.91 Å². The van der Waals surface area contributed by atoms with Crippen LogP contribution in [0, 0.1) is 12.8 Å². The van der Waals surface area contributed by atoms with Crippen LogP contribution in [0.15, 0.2) is 36.4 Å². The molecule has 1 aliphatic heterocycles. The molecule has 0 spiro atoms. The smallest absolute Gasteiger partial charge is 0.250 e. The van der Waals surface area contributed by atoms with Crippen molar-refractivity contribution in [2.75, 3.05) is 31.1 Å². The van der Waals surface area contributed by atoms with E-state index in [2.05, 4.69) is 18.7 Å². The molecule has 0 aliphatic carbocycles. The number of hydrogen-bond donors (Lipinski definition) is 1. The Morgan fingerprint density at radius 2 is 1.80 bits per heavy atom. The van der Waals surface area contributed by atoms with Crippen molar-refractivity contribution in [3.63, 3.8) is 0 Å². The Labute approximate surface area is 179 Å². The van der Waals surface area contributed by atoms with Gasteiger partial charge in [-0.15, -0.1) is 0 Å². The predicted octanol–water partition coefficient (Wildman–Crippen LogP) is 2.97. The average Bonchev–Trinajstić information content (AvgIpc) is 2.75. The number of primary amides is 1. The van der Waals surface area contributed by atoms with Crippen LogP contribution in [0.25, 0.3) is 0 Å². The molecule has 0 bridgehead atoms. The van der Waals surface area contributed by atoms with E-state index in [1.807, 2.05) is 42.2 Å². The molecule has 160 valence electrons. The zero-order valence-electron chi connectivity index (χ0n) is 18.2. The van der Waals surface area contributed by atoms with Gasteiger partial charge in [-0.05, 0) is 42.5 Å². The van der Waals surface area contributed by atoms with Gasteiger partial charge >= 0.3 is 0 Å². The van der Waals surface area contributed by atoms with E-state index in [9.17, 15) is 9.59 Å². The van der Waals surface area contributed by atoms with E-state index in [0.29, 0.717) is 31.0 Å². The molecule has 1 aliphatic rings. The van der Waals surface area contributed by atoms with Gasteiger partial charge in [0, 0.05) is 26.2 Å². The minimum Gasteiger partial charge on any atom is -0.366 e. The van der Waals surface area contributed by atoms with Crippen LogP contribution < -0.4 is 10.6 Å². The van der Waals surface area contributed by atoms with Crippen LogP contribution in [-0.4, -0.2) is 47.9 Å². The number of piperazine rings is 1. The first-order chi connectivity index (χ1) is 14.4. The third kappa shape index (κ3) is 5.17. The Kier molecular flexibility index (Phi) is 7.08. The van der Waals surface area contributed by atoms with Crippen molar-refractivity contribution in [3.8, 4) is 0 Å². The van der Waals surface area contributed by atoms with Gasteiger partial charge < -0.3 is 15.5 Å². The summed E-state index contributed by atoms with van der Waals surface area (Å²) in [6.45, 7) is 9.12. The first kappa shape index (κ1) is 21.8. The second kappa shape index (κ2) is 9.74. The topological polar surface area (TPSA) is 79.5 Å². The molecule has 0 radical (unpaired) electrons. The summed E-state index contributed by atoms with van der Waals surface area (Å²) < 4.78 is 0. The number of carbonyl (C=O) groups is 2. The highest BCUT2D eigenvalue weighted by molar-refractivity contribution is 5.94. The maximum atomic E-state index is 12.7. The molecule has 2 amide bonds. The van der Waals surface area contributed by atoms with Crippen LogP contribution in [0.1, 0.15) is 47.4 Å². The molecule has 1 aromatic heterocycles. The van der Waals surface area contributed by atoms with Gasteiger partial charge in [0.2, 0.25) is 5.91 Å². The lowest BCUT2D eigenvalue weighted by molar-refractivity contribution is -0.130. The molecule has 6 heteroatoms. The lowest BCUT2D eigenvalue weighted by Gasteiger charge is -2.36. The number of amides is 2. The first-order valence-corrected chi connectivity index (χ1v) is 10.8. The number of carbonyl (C=O) groups excluding carboxylic acids is 2. The quantitative estimate of drug-likeness (QED) is 0.764. The molecular weight excluding hydrogens is 376 g/mol. The maximum absolute atomic E-state index is 12.7. The highest BCUT2D eigenvalue weighted by Crippen LogP contribution is 2.21. The van der Waals surface area contributed by atoms with Gasteiger partial charge in [-0.1, -0.05) is 44.5 Å². The first-order valence-electron chi connectivity index (χ1n) is 10.8. The Bertz CT molecular complexity index is 904. The molecule has 0 saturated carbocycles. The normalized spacial score (nSPS) is 15.2. The number of nitrogens with zero attached hydrogens (tertiary/aromatic N) is 3. The van der Waals surface area contributed by atoms with Crippen LogP contribution in [0.4, 0.5) is 5.82 Å². The molecule has 2 heterocycles.